The minimum absolute atomic E-state index is 0.242. The second kappa shape index (κ2) is 6.50. The Labute approximate surface area is 97.7 Å². The van der Waals surface area contributed by atoms with Crippen molar-refractivity contribution in [3.8, 4) is 0 Å². The van der Waals surface area contributed by atoms with Gasteiger partial charge in [-0.3, -0.25) is 0 Å². The van der Waals surface area contributed by atoms with E-state index in [4.69, 9.17) is 9.05 Å². The van der Waals surface area contributed by atoms with Gasteiger partial charge in [0.25, 0.3) is 0 Å². The van der Waals surface area contributed by atoms with Crippen molar-refractivity contribution in [2.45, 2.75) is 33.6 Å². The summed E-state index contributed by atoms with van der Waals surface area (Å²) >= 11 is 0. The molecule has 0 rings (SSSR count). The molecule has 0 aliphatic carbocycles. The summed E-state index contributed by atoms with van der Waals surface area (Å²) in [5.41, 5.74) is -0.525. The molecule has 0 aliphatic heterocycles. The summed E-state index contributed by atoms with van der Waals surface area (Å²) in [4.78, 5) is 22.2. The summed E-state index contributed by atoms with van der Waals surface area (Å²) in [5, 5.41) is 2.65. The van der Waals surface area contributed by atoms with E-state index in [-0.39, 0.29) is 13.2 Å². The van der Waals surface area contributed by atoms with Crippen LogP contribution in [-0.2, 0) is 9.05 Å². The number of hydrogen-bond donors (Lipinski definition) is 2. The molecule has 0 spiro atoms. The number of nitrogens with one attached hydrogen (secondary N) is 1. The predicted molar refractivity (Wildman–Crippen MR) is 66.6 cm³/mol. The van der Waals surface area contributed by atoms with Crippen molar-refractivity contribution in [1.29, 1.82) is 0 Å². The molecule has 0 radical (unpaired) electrons. The molecule has 0 aromatic carbocycles. The summed E-state index contributed by atoms with van der Waals surface area (Å²) in [6, 6.07) is 0. The van der Waals surface area contributed by atoms with E-state index in [0.717, 1.165) is 12.8 Å². The van der Waals surface area contributed by atoms with E-state index < -0.39 is 12.9 Å². The van der Waals surface area contributed by atoms with Gasteiger partial charge in [-0.15, -0.1) is 0 Å². The topological polar surface area (TPSA) is 67.8 Å². The molecule has 1 amide bonds. The fraction of sp³-hybridized carbons (Fsp3) is 0.900. The van der Waals surface area contributed by atoms with Gasteiger partial charge in [0, 0.05) is 0 Å². The van der Waals surface area contributed by atoms with Gasteiger partial charge in [0.2, 0.25) is 0 Å². The number of rotatable bonds is 8. The first kappa shape index (κ1) is 15.8. The zero-order valence-electron chi connectivity index (χ0n) is 10.7. The van der Waals surface area contributed by atoms with Crippen LogP contribution in [0.1, 0.15) is 33.6 Å². The second-order valence-corrected chi connectivity index (χ2v) is 7.27. The van der Waals surface area contributed by atoms with Crippen LogP contribution < -0.4 is 5.32 Å². The Kier molecular flexibility index (Phi) is 6.41. The number of carbonyl (C=O) groups is 1. The van der Waals surface area contributed by atoms with Gasteiger partial charge in [0.15, 0.2) is 0 Å². The van der Waals surface area contributed by atoms with Crippen LogP contribution in [0.25, 0.3) is 0 Å². The summed E-state index contributed by atoms with van der Waals surface area (Å²) in [6.45, 7) is 7.85. The van der Waals surface area contributed by atoms with Crippen LogP contribution in [-0.4, -0.2) is 37.0 Å². The molecule has 0 bridgehead atoms. The van der Waals surface area contributed by atoms with Gasteiger partial charge in [0.1, 0.15) is 0 Å². The van der Waals surface area contributed by atoms with Crippen molar-refractivity contribution in [2.24, 2.45) is 0 Å². The molecule has 5 nitrogen and oxygen atoms in total. The van der Waals surface area contributed by atoms with Crippen molar-refractivity contribution in [3.05, 3.63) is 0 Å². The average Bonchev–Trinajstić information content (AvgIpc) is 2.18. The van der Waals surface area contributed by atoms with Gasteiger partial charge in [-0.1, -0.05) is 0 Å². The van der Waals surface area contributed by atoms with E-state index in [2.05, 4.69) is 5.32 Å². The third kappa shape index (κ3) is 4.34. The quantitative estimate of drug-likeness (QED) is 0.515. The molecule has 0 fully saturated rings. The Balaban J connectivity index is 4.56. The number of hydrogen-bond acceptors (Lipinski definition) is 4. The van der Waals surface area contributed by atoms with Crippen LogP contribution >= 0.6 is 7.28 Å². The Hall–Kier alpha value is -0.220. The van der Waals surface area contributed by atoms with Crippen LogP contribution in [0.3, 0.4) is 0 Å². The van der Waals surface area contributed by atoms with Gasteiger partial charge >= 0.3 is 97.0 Å². The first-order valence-electron chi connectivity index (χ1n) is 5.74. The zero-order valence-corrected chi connectivity index (χ0v) is 11.5. The number of carbonyl (C=O) groups excluding carboxylic acids is 1. The molecule has 0 atom stereocenters. The fourth-order valence-corrected chi connectivity index (χ4v) is 3.31. The van der Waals surface area contributed by atoms with E-state index in [9.17, 15) is 9.69 Å². The van der Waals surface area contributed by atoms with Gasteiger partial charge in [-0.2, -0.15) is 0 Å². The molecule has 0 heterocycles. The van der Waals surface area contributed by atoms with Crippen molar-refractivity contribution in [1.82, 2.24) is 5.32 Å². The average molecular weight is 253 g/mol. The first-order chi connectivity index (χ1) is 7.39. The van der Waals surface area contributed by atoms with Crippen LogP contribution in [0.2, 0.25) is 0 Å². The molecule has 98 valence electrons. The van der Waals surface area contributed by atoms with E-state index in [1.807, 2.05) is 6.92 Å². The molecule has 0 saturated carbocycles. The van der Waals surface area contributed by atoms with Crippen molar-refractivity contribution >= 4 is 12.9 Å². The maximum absolute atomic E-state index is 11.9. The monoisotopic (exact) mass is 253 g/mol. The van der Waals surface area contributed by atoms with E-state index in [1.54, 1.807) is 13.8 Å². The standard InChI is InChI=1S/C10H24NO4P/c1-5-8-9-11-10(12)16(4,13,14-6-2)15-7-3/h13H,5-9H2,1-4H3,(H,11,12). The Morgan fingerprint density at radius 3 is 2.12 bits per heavy atom. The number of unbranched alkanes of at least 4 members (excludes halogenated alkanes) is 1. The zero-order chi connectivity index (χ0) is 12.7. The van der Waals surface area contributed by atoms with Crippen molar-refractivity contribution < 1.29 is 18.7 Å². The summed E-state index contributed by atoms with van der Waals surface area (Å²) in [5.74, 6) is 0. The summed E-state index contributed by atoms with van der Waals surface area (Å²) < 4.78 is 10.4. The van der Waals surface area contributed by atoms with Crippen molar-refractivity contribution in [2.75, 3.05) is 26.4 Å². The third-order valence-electron chi connectivity index (χ3n) is 2.13. The maximum atomic E-state index is 11.9. The predicted octanol–water partition coefficient (Wildman–Crippen LogP) is 2.49. The van der Waals surface area contributed by atoms with E-state index in [1.165, 1.54) is 6.66 Å². The molecular formula is C10H24NO4P. The molecule has 0 aromatic heterocycles. The molecular weight excluding hydrogens is 229 g/mol. The van der Waals surface area contributed by atoms with Crippen LogP contribution in [0.15, 0.2) is 0 Å². The van der Waals surface area contributed by atoms with E-state index >= 15 is 0 Å². The SMILES string of the molecule is CCCCNC(=O)P(C)(O)(OCC)OCC. The minimum atomic E-state index is -4.13. The van der Waals surface area contributed by atoms with Crippen LogP contribution in [0.4, 0.5) is 4.79 Å². The van der Waals surface area contributed by atoms with Crippen LogP contribution in [0, 0.1) is 0 Å². The molecule has 0 unspecified atom stereocenters. The summed E-state index contributed by atoms with van der Waals surface area (Å²) in [7, 11) is -4.13. The summed E-state index contributed by atoms with van der Waals surface area (Å²) in [6.07, 6.45) is 1.85. The van der Waals surface area contributed by atoms with Crippen molar-refractivity contribution in [3.63, 3.8) is 0 Å². The first-order valence-corrected chi connectivity index (χ1v) is 8.21. The van der Waals surface area contributed by atoms with Gasteiger partial charge in [-0.05, 0) is 0 Å². The molecule has 0 saturated heterocycles. The molecule has 2 N–H and O–H groups in total. The van der Waals surface area contributed by atoms with Gasteiger partial charge in [0.05, 0.1) is 0 Å². The Bertz CT molecular complexity index is 223. The molecule has 16 heavy (non-hydrogen) atoms. The Morgan fingerprint density at radius 2 is 1.75 bits per heavy atom. The molecule has 0 aromatic rings. The Morgan fingerprint density at radius 1 is 1.25 bits per heavy atom. The normalized spacial score (nSPS) is 14.2. The van der Waals surface area contributed by atoms with Gasteiger partial charge in [-0.25, -0.2) is 0 Å². The fourth-order valence-electron chi connectivity index (χ4n) is 1.31. The van der Waals surface area contributed by atoms with Crippen LogP contribution in [0.5, 0.6) is 0 Å². The second-order valence-electron chi connectivity index (χ2n) is 3.73. The molecule has 6 heteroatoms. The van der Waals surface area contributed by atoms with E-state index in [0.29, 0.717) is 6.54 Å². The third-order valence-corrected chi connectivity index (χ3v) is 4.94. The van der Waals surface area contributed by atoms with Gasteiger partial charge < -0.3 is 0 Å². The molecule has 0 aliphatic rings. The number of amides is 1.